The number of hydrogen-bond acceptors (Lipinski definition) is 8. The second-order valence-corrected chi connectivity index (χ2v) is 12.7. The maximum absolute atomic E-state index is 13.3. The summed E-state index contributed by atoms with van der Waals surface area (Å²) in [4.78, 5) is 39.2. The van der Waals surface area contributed by atoms with E-state index in [9.17, 15) is 14.4 Å². The summed E-state index contributed by atoms with van der Waals surface area (Å²) in [6, 6.07) is 22.6. The smallest absolute Gasteiger partial charge is 0.324 e. The molecule has 5 aromatic rings. The number of benzene rings is 3. The van der Waals surface area contributed by atoms with Crippen molar-refractivity contribution in [1.82, 2.24) is 14.8 Å². The number of rotatable bonds is 11. The highest BCUT2D eigenvalue weighted by molar-refractivity contribution is 6.63. The van der Waals surface area contributed by atoms with E-state index >= 15 is 0 Å². The Bertz CT molecular complexity index is 1940. The maximum Gasteiger partial charge on any atom is 0.324 e. The van der Waals surface area contributed by atoms with Crippen LogP contribution in [-0.4, -0.2) is 59.4 Å². The number of halogens is 1. The van der Waals surface area contributed by atoms with Crippen LogP contribution in [0.4, 0.5) is 22.0 Å². The highest BCUT2D eigenvalue weighted by Crippen LogP contribution is 2.33. The van der Waals surface area contributed by atoms with Crippen LogP contribution in [0.3, 0.4) is 0 Å². The Morgan fingerprint density at radius 3 is 2.18 bits per heavy atom. The Labute approximate surface area is 296 Å². The van der Waals surface area contributed by atoms with Gasteiger partial charge in [-0.25, -0.2) is 9.48 Å². The lowest BCUT2D eigenvalue weighted by Gasteiger charge is -2.15. The summed E-state index contributed by atoms with van der Waals surface area (Å²) in [5.41, 5.74) is 4.57. The second-order valence-electron chi connectivity index (χ2n) is 12.2. The largest absolute Gasteiger partial charge is 0.488 e. The van der Waals surface area contributed by atoms with Crippen molar-refractivity contribution in [3.05, 3.63) is 102 Å². The summed E-state index contributed by atoms with van der Waals surface area (Å²) in [6.07, 6.45) is 3.22. The van der Waals surface area contributed by atoms with Crippen LogP contribution >= 0.6 is 11.6 Å². The molecule has 2 aromatic heterocycles. The summed E-state index contributed by atoms with van der Waals surface area (Å²) in [6.45, 7) is 8.42. The highest BCUT2D eigenvalue weighted by atomic mass is 35.5. The molecule has 0 aliphatic rings. The van der Waals surface area contributed by atoms with E-state index in [1.165, 1.54) is 14.2 Å². The predicted molar refractivity (Wildman–Crippen MR) is 195 cm³/mol. The van der Waals surface area contributed by atoms with Gasteiger partial charge in [0.15, 0.2) is 0 Å². The zero-order chi connectivity index (χ0) is 36.3. The summed E-state index contributed by atoms with van der Waals surface area (Å²) in [5, 5.41) is 14.8. The molecule has 0 radical (unpaired) electrons. The minimum Gasteiger partial charge on any atom is -0.488 e. The van der Waals surface area contributed by atoms with Gasteiger partial charge in [-0.05, 0) is 48.9 Å². The summed E-state index contributed by atoms with van der Waals surface area (Å²) >= 11 is 4.81. The van der Waals surface area contributed by atoms with Gasteiger partial charge < -0.3 is 24.8 Å². The lowest BCUT2D eigenvalue weighted by molar-refractivity contribution is -0.119. The highest BCUT2D eigenvalue weighted by Gasteiger charge is 2.22. The number of carbonyl (C=O) groups excluding carboxylic acids is 3. The number of amides is 3. The molecule has 0 spiro atoms. The Balaban J connectivity index is 0.000000860. The number of aryl methyl sites for hydroxylation is 1. The topological polar surface area (TPSA) is 146 Å². The van der Waals surface area contributed by atoms with Crippen LogP contribution in [0.25, 0.3) is 16.5 Å². The fraction of sp³-hybridized carbons (Fsp3) is 0.270. The third kappa shape index (κ3) is 10.3. The van der Waals surface area contributed by atoms with Crippen molar-refractivity contribution in [2.75, 3.05) is 43.4 Å². The number of anilines is 3. The number of carbonyl (C=O) groups is 3. The van der Waals surface area contributed by atoms with Crippen molar-refractivity contribution >= 4 is 56.7 Å². The molecule has 262 valence electrons. The minimum absolute atomic E-state index is 0.00154. The number of hydrogen-bond donors (Lipinski definition) is 3. The predicted octanol–water partition coefficient (Wildman–Crippen LogP) is 7.23. The molecule has 12 nitrogen and oxygen atoms in total. The molecular formula is C37H41ClN6O6. The van der Waals surface area contributed by atoms with E-state index < -0.39 is 11.3 Å². The molecule has 0 aliphatic carbocycles. The maximum atomic E-state index is 13.3. The number of methoxy groups -OCH3 is 2. The third-order valence-corrected chi connectivity index (χ3v) is 7.34. The average Bonchev–Trinajstić information content (AvgIpc) is 3.50. The Hall–Kier alpha value is -5.30. The molecule has 3 N–H and O–H groups in total. The molecule has 5 rings (SSSR count). The second kappa shape index (κ2) is 17.4. The number of urea groups is 1. The Morgan fingerprint density at radius 1 is 0.840 bits per heavy atom. The van der Waals surface area contributed by atoms with E-state index in [1.54, 1.807) is 23.1 Å². The SMILES string of the molecule is COCC(=O)Cl.COCC(=O)Nc1cnccc1COc1ccc(NC(=O)Nc2cc(C(C)(C)C)nn2-c2ccc(C)cc2)c2ccccc12. The fourth-order valence-corrected chi connectivity index (χ4v) is 4.85. The van der Waals surface area contributed by atoms with Crippen molar-refractivity contribution in [2.24, 2.45) is 0 Å². The average molecular weight is 701 g/mol. The van der Waals surface area contributed by atoms with Gasteiger partial charge in [0, 0.05) is 48.2 Å². The molecule has 0 saturated carbocycles. The van der Waals surface area contributed by atoms with Crippen LogP contribution in [0.15, 0.2) is 85.2 Å². The number of nitrogens with zero attached hydrogens (tertiary/aromatic N) is 3. The van der Waals surface area contributed by atoms with Gasteiger partial charge >= 0.3 is 6.03 Å². The van der Waals surface area contributed by atoms with Crippen LogP contribution in [-0.2, 0) is 31.1 Å². The molecule has 13 heteroatoms. The molecule has 3 aromatic carbocycles. The van der Waals surface area contributed by atoms with Gasteiger partial charge in [0.1, 0.15) is 31.4 Å². The number of pyridine rings is 1. The zero-order valence-corrected chi connectivity index (χ0v) is 29.6. The van der Waals surface area contributed by atoms with Gasteiger partial charge in [0.05, 0.1) is 29.0 Å². The fourth-order valence-electron chi connectivity index (χ4n) is 4.74. The van der Waals surface area contributed by atoms with E-state index in [4.69, 9.17) is 26.2 Å². The Kier molecular flexibility index (Phi) is 13.0. The van der Waals surface area contributed by atoms with E-state index in [-0.39, 0.29) is 31.1 Å². The molecule has 2 heterocycles. The van der Waals surface area contributed by atoms with E-state index in [1.807, 2.05) is 73.7 Å². The molecule has 0 atom stereocenters. The van der Waals surface area contributed by atoms with Crippen LogP contribution in [0.2, 0.25) is 0 Å². The number of aromatic nitrogens is 3. The van der Waals surface area contributed by atoms with Crippen LogP contribution in [0, 0.1) is 6.92 Å². The van der Waals surface area contributed by atoms with Gasteiger partial charge in [0.25, 0.3) is 0 Å². The molecule has 3 amide bonds. The van der Waals surface area contributed by atoms with Gasteiger partial charge in [-0.1, -0.05) is 62.7 Å². The Morgan fingerprint density at radius 2 is 1.54 bits per heavy atom. The standard InChI is InChI=1S/C34H36N6O4.C3H5ClO2/c1-22-10-12-24(13-11-22)40-31(18-30(39-40)34(2,3)4)38-33(42)37-27-14-15-29(26-9-7-6-8-25(26)27)44-20-23-16-17-35-19-28(23)36-32(41)21-43-5;1-6-2-3(4)5/h6-19H,20-21H2,1-5H3,(H,36,41)(H2,37,38,42);2H2,1H3. The molecule has 0 saturated heterocycles. The number of ether oxygens (including phenoxy) is 3. The van der Waals surface area contributed by atoms with Crippen molar-refractivity contribution in [1.29, 1.82) is 0 Å². The van der Waals surface area contributed by atoms with Crippen molar-refractivity contribution in [2.45, 2.75) is 39.7 Å². The first-order valence-electron chi connectivity index (χ1n) is 15.7. The van der Waals surface area contributed by atoms with Crippen molar-refractivity contribution in [3.8, 4) is 11.4 Å². The third-order valence-electron chi connectivity index (χ3n) is 7.23. The van der Waals surface area contributed by atoms with E-state index in [0.29, 0.717) is 22.9 Å². The van der Waals surface area contributed by atoms with Crippen molar-refractivity contribution in [3.63, 3.8) is 0 Å². The first-order chi connectivity index (χ1) is 23.9. The minimum atomic E-state index is -0.461. The lowest BCUT2D eigenvalue weighted by Crippen LogP contribution is -2.21. The van der Waals surface area contributed by atoms with Crippen molar-refractivity contribution < 1.29 is 28.6 Å². The van der Waals surface area contributed by atoms with Gasteiger partial charge in [-0.15, -0.1) is 0 Å². The molecule has 0 aliphatic heterocycles. The first kappa shape index (κ1) is 37.5. The van der Waals surface area contributed by atoms with Gasteiger partial charge in [0.2, 0.25) is 11.1 Å². The van der Waals surface area contributed by atoms with Gasteiger partial charge in [-0.3, -0.25) is 19.9 Å². The summed E-state index contributed by atoms with van der Waals surface area (Å²) in [5.74, 6) is 0.911. The molecule has 0 unspecified atom stereocenters. The normalized spacial score (nSPS) is 10.9. The quantitative estimate of drug-likeness (QED) is 0.122. The molecule has 50 heavy (non-hydrogen) atoms. The van der Waals surface area contributed by atoms with E-state index in [0.717, 1.165) is 33.3 Å². The molecule has 0 fully saturated rings. The van der Waals surface area contributed by atoms with Crippen LogP contribution in [0.1, 0.15) is 37.6 Å². The van der Waals surface area contributed by atoms with E-state index in [2.05, 4.69) is 46.4 Å². The summed E-state index contributed by atoms with van der Waals surface area (Å²) in [7, 11) is 2.88. The monoisotopic (exact) mass is 700 g/mol. The molecular weight excluding hydrogens is 660 g/mol. The van der Waals surface area contributed by atoms with Crippen LogP contribution in [0.5, 0.6) is 5.75 Å². The van der Waals surface area contributed by atoms with Crippen LogP contribution < -0.4 is 20.7 Å². The number of fused-ring (bicyclic) bond motifs is 1. The zero-order valence-electron chi connectivity index (χ0n) is 28.9. The summed E-state index contributed by atoms with van der Waals surface area (Å²) < 4.78 is 17.2. The first-order valence-corrected chi connectivity index (χ1v) is 16.1. The van der Waals surface area contributed by atoms with Gasteiger partial charge in [-0.2, -0.15) is 5.10 Å². The lowest BCUT2D eigenvalue weighted by atomic mass is 9.92. The number of nitrogens with one attached hydrogen (secondary N) is 3. The molecule has 0 bridgehead atoms.